The Hall–Kier alpha value is -0.370. The minimum Gasteiger partial charge on any atom is -0.362 e. The summed E-state index contributed by atoms with van der Waals surface area (Å²) in [5, 5.41) is 0. The van der Waals surface area contributed by atoms with E-state index in [1.165, 1.54) is 0 Å². The van der Waals surface area contributed by atoms with Gasteiger partial charge in [0.1, 0.15) is 6.10 Å². The van der Waals surface area contributed by atoms with Crippen molar-refractivity contribution in [1.29, 1.82) is 0 Å². The maximum Gasteiger partial charge on any atom is 0.151 e. The van der Waals surface area contributed by atoms with E-state index >= 15 is 0 Å². The molecule has 2 atom stereocenters. The third kappa shape index (κ3) is 1.07. The number of hydrogen-bond acceptors (Lipinski definition) is 2. The topological polar surface area (TPSA) is 29.6 Å². The third-order valence-corrected chi connectivity index (χ3v) is 1.33. The lowest BCUT2D eigenvalue weighted by molar-refractivity contribution is -0.108. The van der Waals surface area contributed by atoms with Crippen molar-refractivity contribution in [2.24, 2.45) is 0 Å². The van der Waals surface area contributed by atoms with Crippen molar-refractivity contribution in [3.63, 3.8) is 0 Å². The molecule has 46 valence electrons. The predicted octanol–water partition coefficient (Wildman–Crippen LogP) is 0.753. The number of hydrogen-bond donors (Lipinski definition) is 0. The second kappa shape index (κ2) is 2.27. The molecule has 1 rings (SSSR count). The lowest BCUT2D eigenvalue weighted by Gasteiger charge is -1.81. The normalized spacial score (nSPS) is 34.6. The standard InChI is InChI=1S/C6H10O2/c1-2-3-5-6(4-7)8-5/h4-6H,2-3H2,1H3. The second-order valence-corrected chi connectivity index (χ2v) is 2.06. The van der Waals surface area contributed by atoms with Crippen molar-refractivity contribution in [3.05, 3.63) is 0 Å². The monoisotopic (exact) mass is 114 g/mol. The minimum atomic E-state index is -0.0602. The highest BCUT2D eigenvalue weighted by Gasteiger charge is 2.36. The summed E-state index contributed by atoms with van der Waals surface area (Å²) in [6, 6.07) is 0. The number of rotatable bonds is 3. The molecule has 1 heterocycles. The number of epoxide rings is 1. The van der Waals surface area contributed by atoms with Gasteiger partial charge in [0.2, 0.25) is 0 Å². The van der Waals surface area contributed by atoms with Gasteiger partial charge in [-0.1, -0.05) is 13.3 Å². The van der Waals surface area contributed by atoms with Crippen LogP contribution in [0.1, 0.15) is 19.8 Å². The molecule has 0 N–H and O–H groups in total. The molecule has 0 radical (unpaired) electrons. The van der Waals surface area contributed by atoms with E-state index in [9.17, 15) is 4.79 Å². The average Bonchev–Trinajstić information content (AvgIpc) is 2.48. The van der Waals surface area contributed by atoms with E-state index in [1.54, 1.807) is 0 Å². The van der Waals surface area contributed by atoms with Crippen LogP contribution in [0.3, 0.4) is 0 Å². The highest BCUT2D eigenvalue weighted by molar-refractivity contribution is 5.60. The molecule has 2 nitrogen and oxygen atoms in total. The number of carbonyl (C=O) groups is 1. The number of ether oxygens (including phenoxy) is 1. The SMILES string of the molecule is CCCC1OC1C=O. The van der Waals surface area contributed by atoms with E-state index in [0.29, 0.717) is 0 Å². The van der Waals surface area contributed by atoms with Gasteiger partial charge in [-0.25, -0.2) is 0 Å². The molecule has 0 aromatic heterocycles. The van der Waals surface area contributed by atoms with Crippen LogP contribution in [-0.2, 0) is 9.53 Å². The zero-order valence-corrected chi connectivity index (χ0v) is 4.96. The van der Waals surface area contributed by atoms with Gasteiger partial charge >= 0.3 is 0 Å². The summed E-state index contributed by atoms with van der Waals surface area (Å²) < 4.78 is 4.94. The summed E-state index contributed by atoms with van der Waals surface area (Å²) in [5.41, 5.74) is 0. The van der Waals surface area contributed by atoms with Crippen LogP contribution >= 0.6 is 0 Å². The van der Waals surface area contributed by atoms with Crippen LogP contribution in [0.2, 0.25) is 0 Å². The highest BCUT2D eigenvalue weighted by Crippen LogP contribution is 2.23. The largest absolute Gasteiger partial charge is 0.362 e. The van der Waals surface area contributed by atoms with Gasteiger partial charge < -0.3 is 9.53 Å². The molecule has 1 aliphatic heterocycles. The Morgan fingerprint density at radius 3 is 2.88 bits per heavy atom. The molecule has 2 unspecified atom stereocenters. The number of aldehydes is 1. The van der Waals surface area contributed by atoms with Gasteiger partial charge in [-0.3, -0.25) is 0 Å². The van der Waals surface area contributed by atoms with Gasteiger partial charge in [0.25, 0.3) is 0 Å². The fourth-order valence-corrected chi connectivity index (χ4v) is 0.793. The first-order valence-corrected chi connectivity index (χ1v) is 2.99. The van der Waals surface area contributed by atoms with Crippen LogP contribution in [0.5, 0.6) is 0 Å². The van der Waals surface area contributed by atoms with Crippen molar-refractivity contribution < 1.29 is 9.53 Å². The summed E-state index contributed by atoms with van der Waals surface area (Å²) in [7, 11) is 0. The lowest BCUT2D eigenvalue weighted by atomic mass is 10.2. The van der Waals surface area contributed by atoms with Crippen LogP contribution in [-0.4, -0.2) is 18.5 Å². The summed E-state index contributed by atoms with van der Waals surface area (Å²) in [4.78, 5) is 9.93. The van der Waals surface area contributed by atoms with Crippen LogP contribution in [0.15, 0.2) is 0 Å². The van der Waals surface area contributed by atoms with E-state index < -0.39 is 0 Å². The molecular formula is C6H10O2. The van der Waals surface area contributed by atoms with Gasteiger partial charge in [0.05, 0.1) is 6.10 Å². The van der Waals surface area contributed by atoms with Crippen molar-refractivity contribution in [3.8, 4) is 0 Å². The van der Waals surface area contributed by atoms with E-state index in [0.717, 1.165) is 19.1 Å². The van der Waals surface area contributed by atoms with Gasteiger partial charge in [-0.2, -0.15) is 0 Å². The van der Waals surface area contributed by atoms with E-state index in [2.05, 4.69) is 6.92 Å². The highest BCUT2D eigenvalue weighted by atomic mass is 16.6. The molecule has 0 aromatic carbocycles. The molecule has 1 saturated heterocycles. The molecule has 1 aliphatic rings. The first kappa shape index (κ1) is 5.76. The van der Waals surface area contributed by atoms with Gasteiger partial charge in [0, 0.05) is 0 Å². The third-order valence-electron chi connectivity index (χ3n) is 1.33. The lowest BCUT2D eigenvalue weighted by Crippen LogP contribution is -1.92. The molecule has 2 heteroatoms. The van der Waals surface area contributed by atoms with Gasteiger partial charge in [-0.15, -0.1) is 0 Å². The quantitative estimate of drug-likeness (QED) is 0.400. The van der Waals surface area contributed by atoms with Gasteiger partial charge in [-0.05, 0) is 6.42 Å². The van der Waals surface area contributed by atoms with E-state index in [-0.39, 0.29) is 12.2 Å². The summed E-state index contributed by atoms with van der Waals surface area (Å²) in [5.74, 6) is 0. The fraction of sp³-hybridized carbons (Fsp3) is 0.833. The maximum absolute atomic E-state index is 9.93. The molecule has 1 fully saturated rings. The summed E-state index contributed by atoms with van der Waals surface area (Å²) in [6.07, 6.45) is 3.21. The molecule has 0 aliphatic carbocycles. The molecule has 0 saturated carbocycles. The fourth-order valence-electron chi connectivity index (χ4n) is 0.793. The molecule has 0 bridgehead atoms. The number of carbonyl (C=O) groups excluding carboxylic acids is 1. The first-order valence-electron chi connectivity index (χ1n) is 2.99. The van der Waals surface area contributed by atoms with Crippen molar-refractivity contribution in [1.82, 2.24) is 0 Å². The Morgan fingerprint density at radius 1 is 1.75 bits per heavy atom. The Labute approximate surface area is 48.8 Å². The Morgan fingerprint density at radius 2 is 2.50 bits per heavy atom. The zero-order valence-electron chi connectivity index (χ0n) is 4.96. The maximum atomic E-state index is 9.93. The first-order chi connectivity index (χ1) is 3.88. The van der Waals surface area contributed by atoms with Crippen molar-refractivity contribution in [2.75, 3.05) is 0 Å². The minimum absolute atomic E-state index is 0.0602. The van der Waals surface area contributed by atoms with Crippen LogP contribution in [0.4, 0.5) is 0 Å². The Bertz CT molecular complexity index is 90.5. The predicted molar refractivity (Wildman–Crippen MR) is 29.6 cm³/mol. The summed E-state index contributed by atoms with van der Waals surface area (Å²) >= 11 is 0. The Balaban J connectivity index is 2.07. The van der Waals surface area contributed by atoms with Crippen molar-refractivity contribution >= 4 is 6.29 Å². The second-order valence-electron chi connectivity index (χ2n) is 2.06. The Kier molecular flexibility index (Phi) is 1.63. The zero-order chi connectivity index (χ0) is 5.98. The van der Waals surface area contributed by atoms with Crippen LogP contribution < -0.4 is 0 Å². The van der Waals surface area contributed by atoms with Gasteiger partial charge in [0.15, 0.2) is 6.29 Å². The average molecular weight is 114 g/mol. The molecule has 0 amide bonds. The molecular weight excluding hydrogens is 104 g/mol. The van der Waals surface area contributed by atoms with Crippen LogP contribution in [0.25, 0.3) is 0 Å². The van der Waals surface area contributed by atoms with E-state index in [4.69, 9.17) is 4.74 Å². The smallest absolute Gasteiger partial charge is 0.151 e. The molecule has 8 heavy (non-hydrogen) atoms. The molecule has 0 aromatic rings. The van der Waals surface area contributed by atoms with Crippen LogP contribution in [0, 0.1) is 0 Å². The van der Waals surface area contributed by atoms with Crippen molar-refractivity contribution in [2.45, 2.75) is 32.0 Å². The molecule has 0 spiro atoms. The van der Waals surface area contributed by atoms with E-state index in [1.807, 2.05) is 0 Å². The summed E-state index contributed by atoms with van der Waals surface area (Å²) in [6.45, 7) is 2.09.